The van der Waals surface area contributed by atoms with Crippen molar-refractivity contribution in [2.75, 3.05) is 26.4 Å². The van der Waals surface area contributed by atoms with Gasteiger partial charge in [0.05, 0.1) is 0 Å². The van der Waals surface area contributed by atoms with Crippen LogP contribution in [-0.2, 0) is 6.54 Å². The Morgan fingerprint density at radius 2 is 2.31 bits per heavy atom. The van der Waals surface area contributed by atoms with Crippen molar-refractivity contribution >= 4 is 5.82 Å². The number of aromatic nitrogens is 2. The SMILES string of the molecule is CN(C)CCn1ccc(N)nc1=O. The van der Waals surface area contributed by atoms with E-state index in [9.17, 15) is 4.79 Å². The molecule has 1 rings (SSSR count). The normalized spacial score (nSPS) is 10.7. The second-order valence-electron chi connectivity index (χ2n) is 3.13. The molecule has 5 heteroatoms. The third-order valence-corrected chi connectivity index (χ3v) is 1.68. The lowest BCUT2D eigenvalue weighted by Crippen LogP contribution is -2.28. The smallest absolute Gasteiger partial charge is 0.349 e. The van der Waals surface area contributed by atoms with Crippen LogP contribution in [0.2, 0.25) is 0 Å². The highest BCUT2D eigenvalue weighted by atomic mass is 16.1. The summed E-state index contributed by atoms with van der Waals surface area (Å²) >= 11 is 0. The monoisotopic (exact) mass is 182 g/mol. The molecule has 0 bridgehead atoms. The molecule has 0 fully saturated rings. The number of likely N-dealkylation sites (N-methyl/N-ethyl adjacent to an activating group) is 1. The summed E-state index contributed by atoms with van der Waals surface area (Å²) in [5, 5.41) is 0. The van der Waals surface area contributed by atoms with Gasteiger partial charge in [0.25, 0.3) is 0 Å². The van der Waals surface area contributed by atoms with E-state index in [0.717, 1.165) is 6.54 Å². The predicted molar refractivity (Wildman–Crippen MR) is 51.5 cm³/mol. The molecule has 0 atom stereocenters. The van der Waals surface area contributed by atoms with Gasteiger partial charge in [-0.1, -0.05) is 0 Å². The van der Waals surface area contributed by atoms with Gasteiger partial charge in [-0.2, -0.15) is 4.98 Å². The van der Waals surface area contributed by atoms with Crippen molar-refractivity contribution in [2.24, 2.45) is 0 Å². The fraction of sp³-hybridized carbons (Fsp3) is 0.500. The maximum absolute atomic E-state index is 11.2. The van der Waals surface area contributed by atoms with Crippen LogP contribution in [0.15, 0.2) is 17.1 Å². The molecule has 0 aliphatic heterocycles. The van der Waals surface area contributed by atoms with Gasteiger partial charge in [-0.15, -0.1) is 0 Å². The van der Waals surface area contributed by atoms with E-state index in [4.69, 9.17) is 5.73 Å². The quantitative estimate of drug-likeness (QED) is 0.677. The molecule has 5 nitrogen and oxygen atoms in total. The fourth-order valence-electron chi connectivity index (χ4n) is 0.920. The molecule has 0 saturated carbocycles. The molecule has 1 aromatic heterocycles. The highest BCUT2D eigenvalue weighted by molar-refractivity contribution is 5.23. The van der Waals surface area contributed by atoms with Crippen molar-refractivity contribution in [2.45, 2.75) is 6.54 Å². The largest absolute Gasteiger partial charge is 0.383 e. The van der Waals surface area contributed by atoms with Crippen LogP contribution in [0.3, 0.4) is 0 Å². The first-order chi connectivity index (χ1) is 6.09. The number of nitrogens with two attached hydrogens (primary N) is 1. The Balaban J connectivity index is 2.73. The molecule has 0 aliphatic rings. The number of anilines is 1. The van der Waals surface area contributed by atoms with E-state index < -0.39 is 0 Å². The first-order valence-electron chi connectivity index (χ1n) is 4.07. The lowest BCUT2D eigenvalue weighted by Gasteiger charge is -2.10. The molecule has 72 valence electrons. The van der Waals surface area contributed by atoms with Crippen LogP contribution in [0, 0.1) is 0 Å². The Morgan fingerprint density at radius 3 is 2.85 bits per heavy atom. The van der Waals surface area contributed by atoms with E-state index in [1.54, 1.807) is 12.3 Å². The molecule has 0 saturated heterocycles. The van der Waals surface area contributed by atoms with Crippen LogP contribution in [0.25, 0.3) is 0 Å². The van der Waals surface area contributed by atoms with E-state index in [2.05, 4.69) is 4.98 Å². The summed E-state index contributed by atoms with van der Waals surface area (Å²) in [6.45, 7) is 1.45. The molecule has 2 N–H and O–H groups in total. The van der Waals surface area contributed by atoms with Crippen LogP contribution in [0.5, 0.6) is 0 Å². The van der Waals surface area contributed by atoms with Gasteiger partial charge >= 0.3 is 5.69 Å². The highest BCUT2D eigenvalue weighted by Crippen LogP contribution is 1.89. The average Bonchev–Trinajstić information content (AvgIpc) is 2.02. The molecule has 1 aromatic rings. The van der Waals surface area contributed by atoms with Crippen LogP contribution in [0.1, 0.15) is 0 Å². The first kappa shape index (κ1) is 9.73. The van der Waals surface area contributed by atoms with E-state index in [1.807, 2.05) is 19.0 Å². The fourth-order valence-corrected chi connectivity index (χ4v) is 0.920. The molecule has 0 aromatic carbocycles. The lowest BCUT2D eigenvalue weighted by atomic mass is 10.5. The number of nitrogens with zero attached hydrogens (tertiary/aromatic N) is 3. The first-order valence-corrected chi connectivity index (χ1v) is 4.07. The van der Waals surface area contributed by atoms with Crippen molar-refractivity contribution in [3.8, 4) is 0 Å². The zero-order valence-corrected chi connectivity index (χ0v) is 7.90. The van der Waals surface area contributed by atoms with Gasteiger partial charge in [-0.3, -0.25) is 4.57 Å². The minimum Gasteiger partial charge on any atom is -0.383 e. The number of rotatable bonds is 3. The van der Waals surface area contributed by atoms with Crippen molar-refractivity contribution in [1.29, 1.82) is 0 Å². The zero-order chi connectivity index (χ0) is 9.84. The van der Waals surface area contributed by atoms with Crippen molar-refractivity contribution in [3.63, 3.8) is 0 Å². The molecule has 13 heavy (non-hydrogen) atoms. The molecular weight excluding hydrogens is 168 g/mol. The Labute approximate surface area is 76.8 Å². The maximum atomic E-state index is 11.2. The van der Waals surface area contributed by atoms with Gasteiger partial charge in [0.2, 0.25) is 0 Å². The minimum atomic E-state index is -0.290. The molecule has 0 radical (unpaired) electrons. The molecule has 0 amide bonds. The molecular formula is C8H14N4O. The number of nitrogen functional groups attached to an aromatic ring is 1. The summed E-state index contributed by atoms with van der Waals surface area (Å²) < 4.78 is 1.54. The van der Waals surface area contributed by atoms with Gasteiger partial charge < -0.3 is 10.6 Å². The minimum absolute atomic E-state index is 0.270. The number of hydrogen-bond donors (Lipinski definition) is 1. The Hall–Kier alpha value is -1.36. The Bertz CT molecular complexity index is 331. The summed E-state index contributed by atoms with van der Waals surface area (Å²) in [4.78, 5) is 16.8. The topological polar surface area (TPSA) is 64.2 Å². The van der Waals surface area contributed by atoms with Crippen molar-refractivity contribution < 1.29 is 0 Å². The summed E-state index contributed by atoms with van der Waals surface area (Å²) in [7, 11) is 3.91. The third kappa shape index (κ3) is 2.87. The van der Waals surface area contributed by atoms with Gasteiger partial charge in [-0.25, -0.2) is 4.79 Å². The van der Waals surface area contributed by atoms with E-state index in [-0.39, 0.29) is 11.5 Å². The molecule has 0 aliphatic carbocycles. The Kier molecular flexibility index (Phi) is 3.02. The maximum Gasteiger partial charge on any atom is 0.349 e. The van der Waals surface area contributed by atoms with E-state index in [0.29, 0.717) is 6.54 Å². The lowest BCUT2D eigenvalue weighted by molar-refractivity contribution is 0.379. The summed E-state index contributed by atoms with van der Waals surface area (Å²) in [6, 6.07) is 1.62. The molecule has 0 spiro atoms. The average molecular weight is 182 g/mol. The van der Waals surface area contributed by atoms with Crippen molar-refractivity contribution in [1.82, 2.24) is 14.5 Å². The number of hydrogen-bond acceptors (Lipinski definition) is 4. The van der Waals surface area contributed by atoms with Crippen LogP contribution in [0.4, 0.5) is 5.82 Å². The second-order valence-corrected chi connectivity index (χ2v) is 3.13. The van der Waals surface area contributed by atoms with Crippen LogP contribution < -0.4 is 11.4 Å². The van der Waals surface area contributed by atoms with Gasteiger partial charge in [0.15, 0.2) is 0 Å². The molecule has 0 unspecified atom stereocenters. The molecule has 1 heterocycles. The van der Waals surface area contributed by atoms with Crippen molar-refractivity contribution in [3.05, 3.63) is 22.7 Å². The Morgan fingerprint density at radius 1 is 1.62 bits per heavy atom. The van der Waals surface area contributed by atoms with E-state index >= 15 is 0 Å². The van der Waals surface area contributed by atoms with Gasteiger partial charge in [0.1, 0.15) is 5.82 Å². The summed E-state index contributed by atoms with van der Waals surface area (Å²) in [5.74, 6) is 0.270. The van der Waals surface area contributed by atoms with Gasteiger partial charge in [-0.05, 0) is 20.2 Å². The van der Waals surface area contributed by atoms with Crippen LogP contribution in [-0.4, -0.2) is 35.1 Å². The van der Waals surface area contributed by atoms with Crippen LogP contribution >= 0.6 is 0 Å². The van der Waals surface area contributed by atoms with E-state index in [1.165, 1.54) is 4.57 Å². The highest BCUT2D eigenvalue weighted by Gasteiger charge is 1.97. The standard InChI is InChI=1S/C8H14N4O/c1-11(2)5-6-12-4-3-7(9)10-8(12)13/h3-4H,5-6H2,1-2H3,(H2,9,10,13). The summed E-state index contributed by atoms with van der Waals surface area (Å²) in [5.41, 5.74) is 5.06. The predicted octanol–water partition coefficient (Wildman–Crippen LogP) is -0.613. The third-order valence-electron chi connectivity index (χ3n) is 1.68. The zero-order valence-electron chi connectivity index (χ0n) is 7.90. The second kappa shape index (κ2) is 4.04. The summed E-state index contributed by atoms with van der Waals surface area (Å²) in [6.07, 6.45) is 1.66. The van der Waals surface area contributed by atoms with Gasteiger partial charge in [0, 0.05) is 19.3 Å².